The molecule has 1 saturated carbocycles. The number of likely N-dealkylation sites (tertiary alicyclic amines) is 1. The number of imide groups is 1. The third-order valence-corrected chi connectivity index (χ3v) is 7.12. The number of benzene rings is 1. The topological polar surface area (TPSA) is 83.6 Å². The van der Waals surface area contributed by atoms with E-state index in [0.717, 1.165) is 35.1 Å². The molecule has 0 unspecified atom stereocenters. The highest BCUT2D eigenvalue weighted by Gasteiger charge is 2.41. The van der Waals surface area contributed by atoms with Gasteiger partial charge in [-0.15, -0.1) is 5.92 Å². The minimum absolute atomic E-state index is 0.00211. The van der Waals surface area contributed by atoms with Gasteiger partial charge in [0.2, 0.25) is 5.91 Å². The molecule has 2 fully saturated rings. The van der Waals surface area contributed by atoms with Crippen molar-refractivity contribution in [1.29, 1.82) is 0 Å². The lowest BCUT2D eigenvalue weighted by atomic mass is 9.69. The predicted molar refractivity (Wildman–Crippen MR) is 131 cm³/mol. The second-order valence-corrected chi connectivity index (χ2v) is 10.8. The summed E-state index contributed by atoms with van der Waals surface area (Å²) in [7, 11) is 0. The molecule has 0 aromatic heterocycles. The Morgan fingerprint density at radius 2 is 1.50 bits per heavy atom. The van der Waals surface area contributed by atoms with Gasteiger partial charge in [-0.3, -0.25) is 19.7 Å². The average molecular weight is 465 g/mol. The van der Waals surface area contributed by atoms with Gasteiger partial charge in [0.05, 0.1) is 0 Å². The number of nitrogens with one attached hydrogen (secondary N) is 1. The van der Waals surface area contributed by atoms with Crippen LogP contribution in [0.2, 0.25) is 0 Å². The van der Waals surface area contributed by atoms with Crippen LogP contribution in [0, 0.1) is 42.9 Å². The number of urea groups is 1. The van der Waals surface area contributed by atoms with Gasteiger partial charge in [-0.1, -0.05) is 26.7 Å². The van der Waals surface area contributed by atoms with Crippen LogP contribution in [0.4, 0.5) is 4.79 Å². The normalized spacial score (nSPS) is 21.6. The number of hydrogen-bond acceptors (Lipinski definition) is 4. The van der Waals surface area contributed by atoms with E-state index in [9.17, 15) is 19.2 Å². The second kappa shape index (κ2) is 10.1. The van der Waals surface area contributed by atoms with E-state index >= 15 is 0 Å². The van der Waals surface area contributed by atoms with E-state index in [-0.39, 0.29) is 35.3 Å². The number of carbonyl (C=O) groups excluding carboxylic acids is 4. The number of amides is 3. The van der Waals surface area contributed by atoms with E-state index in [1.807, 2.05) is 26.0 Å². The molecule has 1 saturated heterocycles. The first-order chi connectivity index (χ1) is 15.9. The summed E-state index contributed by atoms with van der Waals surface area (Å²) in [4.78, 5) is 52.6. The van der Waals surface area contributed by atoms with Crippen LogP contribution >= 0.6 is 0 Å². The molecule has 1 aliphatic heterocycles. The molecule has 3 amide bonds. The number of Topliss-reactive ketones (excluding diaryl/α,β-unsaturated/α-hetero) is 2. The summed E-state index contributed by atoms with van der Waals surface area (Å²) in [5, 5.41) is 2.48. The number of rotatable bonds is 2. The van der Waals surface area contributed by atoms with Gasteiger partial charge in [0, 0.05) is 36.9 Å². The summed E-state index contributed by atoms with van der Waals surface area (Å²) >= 11 is 0. The molecule has 182 valence electrons. The molecule has 6 heteroatoms. The van der Waals surface area contributed by atoms with Crippen molar-refractivity contribution >= 4 is 23.5 Å². The Morgan fingerprint density at radius 3 is 1.97 bits per heavy atom. The Labute approximate surface area is 202 Å². The number of ketones is 2. The van der Waals surface area contributed by atoms with Gasteiger partial charge >= 0.3 is 6.03 Å². The monoisotopic (exact) mass is 464 g/mol. The SMILES string of the molecule is CC#Cc1cc(C)c(C2C(=O)CC(C3CCN(C(=O)NC(=O)C(C)(C)C)CC3)CC2=O)c(C)c1. The van der Waals surface area contributed by atoms with Crippen molar-refractivity contribution in [2.75, 3.05) is 13.1 Å². The van der Waals surface area contributed by atoms with Crippen LogP contribution in [-0.2, 0) is 14.4 Å². The quantitative estimate of drug-likeness (QED) is 0.522. The van der Waals surface area contributed by atoms with Crippen LogP contribution in [-0.4, -0.2) is 41.5 Å². The standard InChI is InChI=1S/C28H36N2O4/c1-7-8-19-13-17(2)24(18(3)14-19)25-22(31)15-21(16-23(25)32)20-9-11-30(12-10-20)27(34)29-26(33)28(4,5)6/h13-14,20-21,25H,9-12,15-16H2,1-6H3,(H,29,33,34). The highest BCUT2D eigenvalue weighted by molar-refractivity contribution is 6.10. The molecule has 1 aliphatic carbocycles. The van der Waals surface area contributed by atoms with Gasteiger partial charge in [-0.05, 0) is 74.3 Å². The zero-order valence-corrected chi connectivity index (χ0v) is 21.2. The summed E-state index contributed by atoms with van der Waals surface area (Å²) in [6.45, 7) is 12.0. The van der Waals surface area contributed by atoms with Gasteiger partial charge in [0.15, 0.2) is 0 Å². The van der Waals surface area contributed by atoms with E-state index in [2.05, 4.69) is 17.2 Å². The second-order valence-electron chi connectivity index (χ2n) is 10.8. The molecule has 3 rings (SSSR count). The van der Waals surface area contributed by atoms with Crippen molar-refractivity contribution in [2.24, 2.45) is 17.3 Å². The van der Waals surface area contributed by atoms with E-state index in [1.165, 1.54) is 0 Å². The van der Waals surface area contributed by atoms with Crippen molar-refractivity contribution in [3.05, 3.63) is 34.4 Å². The minimum atomic E-state index is -0.686. The van der Waals surface area contributed by atoms with Gasteiger partial charge in [0.1, 0.15) is 17.5 Å². The van der Waals surface area contributed by atoms with Crippen molar-refractivity contribution in [2.45, 2.75) is 73.1 Å². The van der Waals surface area contributed by atoms with Crippen molar-refractivity contribution < 1.29 is 19.2 Å². The number of piperidine rings is 1. The summed E-state index contributed by atoms with van der Waals surface area (Å²) in [6, 6.07) is 3.55. The Bertz CT molecular complexity index is 1020. The molecule has 6 nitrogen and oxygen atoms in total. The number of carbonyl (C=O) groups is 4. The first-order valence-electron chi connectivity index (χ1n) is 12.1. The fraction of sp³-hybridized carbons (Fsp3) is 0.571. The summed E-state index contributed by atoms with van der Waals surface area (Å²) < 4.78 is 0. The van der Waals surface area contributed by atoms with Crippen LogP contribution in [0.3, 0.4) is 0 Å². The fourth-order valence-corrected chi connectivity index (χ4v) is 5.24. The van der Waals surface area contributed by atoms with Crippen molar-refractivity contribution in [3.8, 4) is 11.8 Å². The first-order valence-corrected chi connectivity index (χ1v) is 12.1. The van der Waals surface area contributed by atoms with Gasteiger partial charge in [0.25, 0.3) is 0 Å². The molecule has 0 bridgehead atoms. The lowest BCUT2D eigenvalue weighted by Crippen LogP contribution is -2.50. The van der Waals surface area contributed by atoms with Crippen LogP contribution in [0.5, 0.6) is 0 Å². The molecular weight excluding hydrogens is 428 g/mol. The molecular formula is C28H36N2O4. The third kappa shape index (κ3) is 5.58. The zero-order chi connectivity index (χ0) is 25.2. The summed E-state index contributed by atoms with van der Waals surface area (Å²) in [6.07, 6.45) is 2.25. The van der Waals surface area contributed by atoms with Crippen LogP contribution in [0.15, 0.2) is 12.1 Å². The zero-order valence-electron chi connectivity index (χ0n) is 21.2. The molecule has 34 heavy (non-hydrogen) atoms. The highest BCUT2D eigenvalue weighted by Crippen LogP contribution is 2.39. The summed E-state index contributed by atoms with van der Waals surface area (Å²) in [5.41, 5.74) is 2.98. The van der Waals surface area contributed by atoms with E-state index in [0.29, 0.717) is 25.9 Å². The van der Waals surface area contributed by atoms with Crippen LogP contribution < -0.4 is 5.32 Å². The number of hydrogen-bond donors (Lipinski definition) is 1. The van der Waals surface area contributed by atoms with Crippen LogP contribution in [0.1, 0.15) is 81.5 Å². The Kier molecular flexibility index (Phi) is 7.65. The Balaban J connectivity index is 1.63. The predicted octanol–water partition coefficient (Wildman–Crippen LogP) is 4.30. The van der Waals surface area contributed by atoms with Gasteiger partial charge in [-0.2, -0.15) is 0 Å². The Morgan fingerprint density at radius 1 is 0.971 bits per heavy atom. The Hall–Kier alpha value is -2.94. The van der Waals surface area contributed by atoms with Gasteiger partial charge < -0.3 is 4.90 Å². The number of nitrogens with zero attached hydrogens (tertiary/aromatic N) is 1. The van der Waals surface area contributed by atoms with Crippen molar-refractivity contribution in [1.82, 2.24) is 10.2 Å². The largest absolute Gasteiger partial charge is 0.324 e. The summed E-state index contributed by atoms with van der Waals surface area (Å²) in [5.74, 6) is 5.20. The smallest absolute Gasteiger partial charge is 0.324 e. The molecule has 1 heterocycles. The molecule has 0 radical (unpaired) electrons. The minimum Gasteiger partial charge on any atom is -0.324 e. The van der Waals surface area contributed by atoms with Crippen molar-refractivity contribution in [3.63, 3.8) is 0 Å². The lowest BCUT2D eigenvalue weighted by molar-refractivity contribution is -0.135. The molecule has 1 aromatic carbocycles. The van der Waals surface area contributed by atoms with Crippen LogP contribution in [0.25, 0.3) is 0 Å². The first kappa shape index (κ1) is 25.7. The maximum absolute atomic E-state index is 13.2. The molecule has 1 N–H and O–H groups in total. The number of aryl methyl sites for hydroxylation is 2. The fourth-order valence-electron chi connectivity index (χ4n) is 5.24. The molecule has 1 aromatic rings. The lowest BCUT2D eigenvalue weighted by Gasteiger charge is -2.38. The van der Waals surface area contributed by atoms with E-state index in [4.69, 9.17) is 0 Å². The maximum atomic E-state index is 13.2. The molecule has 2 aliphatic rings. The van der Waals surface area contributed by atoms with E-state index in [1.54, 1.807) is 32.6 Å². The molecule has 0 atom stereocenters. The van der Waals surface area contributed by atoms with E-state index < -0.39 is 11.3 Å². The molecule has 0 spiro atoms. The highest BCUT2D eigenvalue weighted by atomic mass is 16.2. The van der Waals surface area contributed by atoms with Gasteiger partial charge in [-0.25, -0.2) is 4.79 Å². The maximum Gasteiger partial charge on any atom is 0.324 e. The average Bonchev–Trinajstić information content (AvgIpc) is 2.74. The third-order valence-electron chi connectivity index (χ3n) is 7.12.